The summed E-state index contributed by atoms with van der Waals surface area (Å²) in [6.45, 7) is 0. The minimum Gasteiger partial charge on any atom is -0.481 e. The Morgan fingerprint density at radius 1 is 1.18 bits per heavy atom. The van der Waals surface area contributed by atoms with Crippen LogP contribution in [0.4, 0.5) is 0 Å². The molecule has 0 fully saturated rings. The summed E-state index contributed by atoms with van der Waals surface area (Å²) in [5.41, 5.74) is 0. The van der Waals surface area contributed by atoms with Gasteiger partial charge in [-0.25, -0.2) is 4.79 Å². The second-order valence-corrected chi connectivity index (χ2v) is 1.45. The van der Waals surface area contributed by atoms with Gasteiger partial charge in [0.25, 0.3) is 0 Å². The molecule has 0 rings (SSSR count). The van der Waals surface area contributed by atoms with Crippen molar-refractivity contribution in [1.82, 2.24) is 12.3 Å². The molecule has 0 aliphatic heterocycles. The zero-order valence-corrected chi connectivity index (χ0v) is 5.86. The van der Waals surface area contributed by atoms with Crippen LogP contribution in [0.1, 0.15) is 6.42 Å². The van der Waals surface area contributed by atoms with E-state index in [0.29, 0.717) is 0 Å². The molecule has 0 aromatic heterocycles. The highest BCUT2D eigenvalue weighted by molar-refractivity contribution is 5.79. The van der Waals surface area contributed by atoms with Gasteiger partial charge in [0.15, 0.2) is 6.10 Å². The summed E-state index contributed by atoms with van der Waals surface area (Å²) in [7, 11) is 0. The van der Waals surface area contributed by atoms with Crippen LogP contribution < -0.4 is 12.3 Å². The van der Waals surface area contributed by atoms with Crippen molar-refractivity contribution in [1.29, 1.82) is 0 Å². The molecular weight excluding hydrogens is 156 g/mol. The predicted octanol–water partition coefficient (Wildman–Crippen LogP) is -0.769. The molecule has 7 nitrogen and oxygen atoms in total. The molecule has 1 unspecified atom stereocenters. The first-order valence-electron chi connectivity index (χ1n) is 2.16. The number of hydrogen-bond acceptors (Lipinski definition) is 5. The van der Waals surface area contributed by atoms with Crippen molar-refractivity contribution in [3.05, 3.63) is 0 Å². The van der Waals surface area contributed by atoms with Crippen molar-refractivity contribution < 1.29 is 24.9 Å². The zero-order valence-electron chi connectivity index (χ0n) is 5.86. The van der Waals surface area contributed by atoms with Gasteiger partial charge in [0.05, 0.1) is 6.42 Å². The molecule has 11 heavy (non-hydrogen) atoms. The minimum absolute atomic E-state index is 0. The van der Waals surface area contributed by atoms with Crippen LogP contribution in [0.2, 0.25) is 0 Å². The van der Waals surface area contributed by atoms with Crippen molar-refractivity contribution in [3.63, 3.8) is 0 Å². The Balaban J connectivity index is -0.000000320. The summed E-state index contributed by atoms with van der Waals surface area (Å²) in [6, 6.07) is 0. The van der Waals surface area contributed by atoms with Crippen LogP contribution in [0, 0.1) is 0 Å². The molecule has 0 aliphatic rings. The molecule has 0 bridgehead atoms. The molecule has 7 heteroatoms. The van der Waals surface area contributed by atoms with E-state index in [-0.39, 0.29) is 12.3 Å². The SMILES string of the molecule is N.N.O=C(O)CC(O)C(=O)O. The van der Waals surface area contributed by atoms with E-state index in [1.165, 1.54) is 0 Å². The Hall–Kier alpha value is -1.18. The maximum absolute atomic E-state index is 9.72. The van der Waals surface area contributed by atoms with E-state index in [4.69, 9.17) is 15.3 Å². The number of aliphatic hydroxyl groups is 1. The molecule has 68 valence electrons. The van der Waals surface area contributed by atoms with E-state index in [0.717, 1.165) is 0 Å². The van der Waals surface area contributed by atoms with Crippen molar-refractivity contribution in [2.75, 3.05) is 0 Å². The lowest BCUT2D eigenvalue weighted by atomic mass is 10.3. The van der Waals surface area contributed by atoms with Gasteiger partial charge >= 0.3 is 11.9 Å². The van der Waals surface area contributed by atoms with Crippen molar-refractivity contribution in [3.8, 4) is 0 Å². The second-order valence-electron chi connectivity index (χ2n) is 1.45. The Labute approximate surface area is 62.8 Å². The maximum Gasteiger partial charge on any atom is 0.333 e. The van der Waals surface area contributed by atoms with Gasteiger partial charge in [-0.05, 0) is 0 Å². The first-order chi connectivity index (χ1) is 4.04. The van der Waals surface area contributed by atoms with Crippen LogP contribution in [-0.2, 0) is 9.59 Å². The fourth-order valence-corrected chi connectivity index (χ4v) is 0.253. The minimum atomic E-state index is -1.79. The molecule has 0 aromatic rings. The van der Waals surface area contributed by atoms with Gasteiger partial charge < -0.3 is 27.6 Å². The number of aliphatic carboxylic acids is 2. The lowest BCUT2D eigenvalue weighted by molar-refractivity contribution is -0.152. The third kappa shape index (κ3) is 8.82. The van der Waals surface area contributed by atoms with Crippen LogP contribution >= 0.6 is 0 Å². The highest BCUT2D eigenvalue weighted by Gasteiger charge is 2.16. The van der Waals surface area contributed by atoms with E-state index in [2.05, 4.69) is 0 Å². The Morgan fingerprint density at radius 3 is 1.64 bits per heavy atom. The molecule has 0 saturated heterocycles. The summed E-state index contributed by atoms with van der Waals surface area (Å²) < 4.78 is 0. The van der Waals surface area contributed by atoms with E-state index in [9.17, 15) is 9.59 Å². The molecule has 0 amide bonds. The third-order valence-corrected chi connectivity index (χ3v) is 0.653. The normalized spacial score (nSPS) is 10.3. The van der Waals surface area contributed by atoms with Gasteiger partial charge in [-0.1, -0.05) is 0 Å². The fourth-order valence-electron chi connectivity index (χ4n) is 0.253. The number of aliphatic hydroxyl groups excluding tert-OH is 1. The average molecular weight is 168 g/mol. The number of rotatable bonds is 3. The zero-order chi connectivity index (χ0) is 7.44. The average Bonchev–Trinajstić information content (AvgIpc) is 1.63. The largest absolute Gasteiger partial charge is 0.481 e. The maximum atomic E-state index is 9.72. The van der Waals surface area contributed by atoms with Gasteiger partial charge in [0.1, 0.15) is 0 Å². The highest BCUT2D eigenvalue weighted by Crippen LogP contribution is 1.89. The van der Waals surface area contributed by atoms with Crippen LogP contribution in [0.15, 0.2) is 0 Å². The Morgan fingerprint density at radius 2 is 1.55 bits per heavy atom. The first-order valence-corrected chi connectivity index (χ1v) is 2.16. The molecule has 0 heterocycles. The Kier molecular flexibility index (Phi) is 10.4. The quantitative estimate of drug-likeness (QED) is 0.369. The Bertz CT molecular complexity index is 136. The molecule has 9 N–H and O–H groups in total. The lowest BCUT2D eigenvalue weighted by Gasteiger charge is -1.97. The van der Waals surface area contributed by atoms with Gasteiger partial charge in [-0.15, -0.1) is 0 Å². The summed E-state index contributed by atoms with van der Waals surface area (Å²) in [6.07, 6.45) is -2.54. The van der Waals surface area contributed by atoms with Crippen LogP contribution in [-0.4, -0.2) is 33.4 Å². The summed E-state index contributed by atoms with van der Waals surface area (Å²) >= 11 is 0. The molecule has 0 aliphatic carbocycles. The van der Waals surface area contributed by atoms with Gasteiger partial charge in [0, 0.05) is 0 Å². The van der Waals surface area contributed by atoms with E-state index >= 15 is 0 Å². The summed E-state index contributed by atoms with van der Waals surface area (Å²) in [5.74, 6) is -2.85. The van der Waals surface area contributed by atoms with Gasteiger partial charge in [-0.2, -0.15) is 0 Å². The number of hydrogen-bond donors (Lipinski definition) is 5. The molecule has 1 atom stereocenters. The molecule has 0 radical (unpaired) electrons. The van der Waals surface area contributed by atoms with E-state index in [1.54, 1.807) is 0 Å². The predicted molar refractivity (Wildman–Crippen MR) is 35.9 cm³/mol. The topological polar surface area (TPSA) is 165 Å². The molecule has 0 saturated carbocycles. The second kappa shape index (κ2) is 6.93. The first kappa shape index (κ1) is 16.4. The lowest BCUT2D eigenvalue weighted by Crippen LogP contribution is -2.22. The fraction of sp³-hybridized carbons (Fsp3) is 0.500. The number of carboxylic acid groups (broad SMARTS) is 2. The standard InChI is InChI=1S/C4H6O5.2H3N/c5-2(4(8)9)1-3(6)7;;/h2,5H,1H2,(H,6,7)(H,8,9);2*1H3. The van der Waals surface area contributed by atoms with E-state index in [1.807, 2.05) is 0 Å². The molecular formula is C4H12N2O5. The molecule has 0 spiro atoms. The van der Waals surface area contributed by atoms with E-state index < -0.39 is 24.5 Å². The van der Waals surface area contributed by atoms with Crippen molar-refractivity contribution in [2.45, 2.75) is 12.5 Å². The van der Waals surface area contributed by atoms with Crippen molar-refractivity contribution >= 4 is 11.9 Å². The monoisotopic (exact) mass is 168 g/mol. The van der Waals surface area contributed by atoms with Crippen LogP contribution in [0.25, 0.3) is 0 Å². The number of carbonyl (C=O) groups is 2. The highest BCUT2D eigenvalue weighted by atomic mass is 16.4. The number of carboxylic acids is 2. The third-order valence-electron chi connectivity index (χ3n) is 0.653. The van der Waals surface area contributed by atoms with Gasteiger partial charge in [0.2, 0.25) is 0 Å². The van der Waals surface area contributed by atoms with Crippen LogP contribution in [0.3, 0.4) is 0 Å². The van der Waals surface area contributed by atoms with Crippen molar-refractivity contribution in [2.24, 2.45) is 0 Å². The smallest absolute Gasteiger partial charge is 0.333 e. The summed E-state index contributed by atoms with van der Waals surface area (Å²) in [4.78, 5) is 19.4. The molecule has 0 aromatic carbocycles. The van der Waals surface area contributed by atoms with Crippen LogP contribution in [0.5, 0.6) is 0 Å². The summed E-state index contributed by atoms with van der Waals surface area (Å²) in [5, 5.41) is 24.1. The van der Waals surface area contributed by atoms with Gasteiger partial charge in [-0.3, -0.25) is 4.79 Å².